The lowest BCUT2D eigenvalue weighted by molar-refractivity contribution is -0.145. The summed E-state index contributed by atoms with van der Waals surface area (Å²) in [7, 11) is 0. The molecule has 0 aliphatic carbocycles. The molecule has 0 fully saturated rings. The van der Waals surface area contributed by atoms with E-state index in [1.165, 1.54) is 17.0 Å². The van der Waals surface area contributed by atoms with Gasteiger partial charge in [-0.05, 0) is 23.8 Å². The molecular weight excluding hydrogens is 309 g/mol. The summed E-state index contributed by atoms with van der Waals surface area (Å²) in [6.07, 6.45) is 1.04. The van der Waals surface area contributed by atoms with Crippen LogP contribution in [-0.4, -0.2) is 21.7 Å². The van der Waals surface area contributed by atoms with Crippen molar-refractivity contribution < 1.29 is 14.0 Å². The maximum absolute atomic E-state index is 12.9. The zero-order valence-corrected chi connectivity index (χ0v) is 12.3. The average Bonchev–Trinajstić information content (AvgIpc) is 2.50. The van der Waals surface area contributed by atoms with Crippen molar-refractivity contribution in [1.82, 2.24) is 9.88 Å². The van der Waals surface area contributed by atoms with E-state index in [0.29, 0.717) is 16.3 Å². The number of amides is 2. The number of nitrogens with two attached hydrogens (primary N) is 1. The Labute approximate surface area is 131 Å². The number of carbonyl (C=O) groups is 2. The highest BCUT2D eigenvalue weighted by atomic mass is 35.5. The van der Waals surface area contributed by atoms with E-state index in [1.54, 1.807) is 24.3 Å². The molecule has 1 aromatic heterocycles. The van der Waals surface area contributed by atoms with Crippen LogP contribution in [0.5, 0.6) is 0 Å². The van der Waals surface area contributed by atoms with Gasteiger partial charge in [-0.1, -0.05) is 29.8 Å². The smallest absolute Gasteiger partial charge is 0.312 e. The van der Waals surface area contributed by atoms with Gasteiger partial charge in [-0.3, -0.25) is 14.6 Å². The van der Waals surface area contributed by atoms with Gasteiger partial charge in [0.15, 0.2) is 0 Å². The first-order chi connectivity index (χ1) is 10.5. The molecule has 114 valence electrons. The number of benzene rings is 1. The van der Waals surface area contributed by atoms with Gasteiger partial charge in [-0.2, -0.15) is 0 Å². The van der Waals surface area contributed by atoms with E-state index in [9.17, 15) is 14.0 Å². The summed E-state index contributed by atoms with van der Waals surface area (Å²) >= 11 is 6.06. The highest BCUT2D eigenvalue weighted by Crippen LogP contribution is 2.18. The van der Waals surface area contributed by atoms with Crippen molar-refractivity contribution in [2.24, 2.45) is 5.73 Å². The molecule has 0 aliphatic heterocycles. The number of carbonyl (C=O) groups excluding carboxylic acids is 2. The van der Waals surface area contributed by atoms with E-state index in [-0.39, 0.29) is 13.1 Å². The zero-order valence-electron chi connectivity index (χ0n) is 11.5. The summed E-state index contributed by atoms with van der Waals surface area (Å²) in [5.41, 5.74) is 6.16. The Bertz CT molecular complexity index is 691. The van der Waals surface area contributed by atoms with Crippen molar-refractivity contribution in [3.8, 4) is 0 Å². The van der Waals surface area contributed by atoms with Gasteiger partial charge in [0.1, 0.15) is 5.82 Å². The normalized spacial score (nSPS) is 10.3. The van der Waals surface area contributed by atoms with Crippen LogP contribution >= 0.6 is 11.6 Å². The highest BCUT2D eigenvalue weighted by Gasteiger charge is 2.21. The molecule has 0 spiro atoms. The van der Waals surface area contributed by atoms with Crippen molar-refractivity contribution in [3.05, 3.63) is 64.7 Å². The molecule has 1 aromatic carbocycles. The van der Waals surface area contributed by atoms with Gasteiger partial charge in [-0.25, -0.2) is 4.39 Å². The maximum Gasteiger partial charge on any atom is 0.312 e. The third-order valence-corrected chi connectivity index (χ3v) is 3.33. The SMILES string of the molecule is NC(=O)C(=O)N(Cc1ccc(F)cn1)Cc1ccccc1Cl. The predicted molar refractivity (Wildman–Crippen MR) is 79.1 cm³/mol. The van der Waals surface area contributed by atoms with Crippen molar-refractivity contribution in [1.29, 1.82) is 0 Å². The molecule has 0 saturated heterocycles. The summed E-state index contributed by atoms with van der Waals surface area (Å²) in [6.45, 7) is 0.119. The van der Waals surface area contributed by atoms with Gasteiger partial charge >= 0.3 is 11.8 Å². The highest BCUT2D eigenvalue weighted by molar-refractivity contribution is 6.34. The minimum Gasteiger partial charge on any atom is -0.361 e. The minimum absolute atomic E-state index is 0.0211. The largest absolute Gasteiger partial charge is 0.361 e. The van der Waals surface area contributed by atoms with Gasteiger partial charge in [0.2, 0.25) is 0 Å². The van der Waals surface area contributed by atoms with Gasteiger partial charge in [-0.15, -0.1) is 0 Å². The van der Waals surface area contributed by atoms with E-state index < -0.39 is 17.6 Å². The van der Waals surface area contributed by atoms with E-state index in [0.717, 1.165) is 6.20 Å². The van der Waals surface area contributed by atoms with Crippen molar-refractivity contribution in [3.63, 3.8) is 0 Å². The van der Waals surface area contributed by atoms with Crippen LogP contribution in [0.25, 0.3) is 0 Å². The molecule has 2 aromatic rings. The van der Waals surface area contributed by atoms with Crippen LogP contribution < -0.4 is 5.73 Å². The van der Waals surface area contributed by atoms with Crippen LogP contribution in [0.4, 0.5) is 4.39 Å². The average molecular weight is 322 g/mol. The molecule has 0 bridgehead atoms. The maximum atomic E-state index is 12.9. The van der Waals surface area contributed by atoms with Gasteiger partial charge in [0, 0.05) is 11.6 Å². The van der Waals surface area contributed by atoms with Gasteiger partial charge < -0.3 is 10.6 Å². The van der Waals surface area contributed by atoms with Crippen LogP contribution in [0.15, 0.2) is 42.6 Å². The van der Waals surface area contributed by atoms with E-state index >= 15 is 0 Å². The number of aromatic nitrogens is 1. The third-order valence-electron chi connectivity index (χ3n) is 2.96. The number of hydrogen-bond acceptors (Lipinski definition) is 3. The fraction of sp³-hybridized carbons (Fsp3) is 0.133. The second kappa shape index (κ2) is 7.00. The standard InChI is InChI=1S/C15H13ClFN3O2/c16-13-4-2-1-3-10(13)8-20(15(22)14(18)21)9-12-6-5-11(17)7-19-12/h1-7H,8-9H2,(H2,18,21). The Morgan fingerprint density at radius 2 is 1.91 bits per heavy atom. The van der Waals surface area contributed by atoms with Crippen LogP contribution in [0.1, 0.15) is 11.3 Å². The number of nitrogens with zero attached hydrogens (tertiary/aromatic N) is 2. The van der Waals surface area contributed by atoms with E-state index in [2.05, 4.69) is 4.98 Å². The molecule has 7 heteroatoms. The molecule has 2 amide bonds. The Morgan fingerprint density at radius 1 is 1.18 bits per heavy atom. The summed E-state index contributed by atoms with van der Waals surface area (Å²) < 4.78 is 12.9. The van der Waals surface area contributed by atoms with Crippen molar-refractivity contribution in [2.75, 3.05) is 0 Å². The number of halogens is 2. The van der Waals surface area contributed by atoms with E-state index in [1.807, 2.05) is 0 Å². The van der Waals surface area contributed by atoms with Crippen LogP contribution in [-0.2, 0) is 22.7 Å². The first kappa shape index (κ1) is 15.9. The fourth-order valence-electron chi connectivity index (χ4n) is 1.88. The van der Waals surface area contributed by atoms with Crippen molar-refractivity contribution in [2.45, 2.75) is 13.1 Å². The molecule has 0 atom stereocenters. The van der Waals surface area contributed by atoms with Gasteiger partial charge in [0.05, 0.1) is 18.4 Å². The monoisotopic (exact) mass is 321 g/mol. The molecule has 2 N–H and O–H groups in total. The topological polar surface area (TPSA) is 76.3 Å². The van der Waals surface area contributed by atoms with Crippen LogP contribution in [0, 0.1) is 5.82 Å². The second-order valence-electron chi connectivity index (χ2n) is 4.58. The van der Waals surface area contributed by atoms with Crippen molar-refractivity contribution >= 4 is 23.4 Å². The van der Waals surface area contributed by atoms with Crippen LogP contribution in [0.2, 0.25) is 5.02 Å². The summed E-state index contributed by atoms with van der Waals surface area (Å²) in [5, 5.41) is 0.469. The first-order valence-electron chi connectivity index (χ1n) is 6.40. The predicted octanol–water partition coefficient (Wildman–Crippen LogP) is 1.89. The molecule has 5 nitrogen and oxygen atoms in total. The number of hydrogen-bond donors (Lipinski definition) is 1. The van der Waals surface area contributed by atoms with Crippen LogP contribution in [0.3, 0.4) is 0 Å². The number of rotatable bonds is 4. The molecule has 0 unspecified atom stereocenters. The first-order valence-corrected chi connectivity index (χ1v) is 6.77. The molecule has 22 heavy (non-hydrogen) atoms. The zero-order chi connectivity index (χ0) is 16.1. The molecule has 0 saturated carbocycles. The number of pyridine rings is 1. The Balaban J connectivity index is 2.23. The van der Waals surface area contributed by atoms with Gasteiger partial charge in [0.25, 0.3) is 0 Å². The minimum atomic E-state index is -1.07. The van der Waals surface area contributed by atoms with E-state index in [4.69, 9.17) is 17.3 Å². The molecule has 1 heterocycles. The molecular formula is C15H13ClFN3O2. The second-order valence-corrected chi connectivity index (χ2v) is 4.99. The quantitative estimate of drug-likeness (QED) is 0.874. The summed E-state index contributed by atoms with van der Waals surface area (Å²) in [4.78, 5) is 28.2. The summed E-state index contributed by atoms with van der Waals surface area (Å²) in [6, 6.07) is 9.60. The Hall–Kier alpha value is -2.47. The molecule has 0 radical (unpaired) electrons. The fourth-order valence-corrected chi connectivity index (χ4v) is 2.08. The summed E-state index contributed by atoms with van der Waals surface area (Å²) in [5.74, 6) is -2.41. The lowest BCUT2D eigenvalue weighted by Crippen LogP contribution is -2.39. The lowest BCUT2D eigenvalue weighted by atomic mass is 10.2. The Morgan fingerprint density at radius 3 is 2.50 bits per heavy atom. The molecule has 0 aliphatic rings. The number of primary amides is 1. The molecule has 2 rings (SSSR count). The Kier molecular flexibility index (Phi) is 5.06. The lowest BCUT2D eigenvalue weighted by Gasteiger charge is -2.21. The third kappa shape index (κ3) is 4.02.